The lowest BCUT2D eigenvalue weighted by Gasteiger charge is -2.11. The number of para-hydroxylation sites is 1. The number of nitrogens with zero attached hydrogens (tertiary/aromatic N) is 2. The van der Waals surface area contributed by atoms with Crippen molar-refractivity contribution in [3.63, 3.8) is 0 Å². The molecule has 0 fully saturated rings. The fourth-order valence-corrected chi connectivity index (χ4v) is 4.18. The van der Waals surface area contributed by atoms with E-state index in [4.69, 9.17) is 4.74 Å². The van der Waals surface area contributed by atoms with Crippen molar-refractivity contribution in [1.29, 1.82) is 0 Å². The first-order chi connectivity index (χ1) is 14.5. The van der Waals surface area contributed by atoms with E-state index in [0.29, 0.717) is 21.8 Å². The summed E-state index contributed by atoms with van der Waals surface area (Å²) < 4.78 is 5.13. The summed E-state index contributed by atoms with van der Waals surface area (Å²) in [6.45, 7) is 1.08. The molecule has 0 spiro atoms. The Hall–Kier alpha value is -3.24. The maximum atomic E-state index is 12.5. The SMILES string of the molecule is Cc1cccc([N+](=O)[O-])c1NC(=O)COC(=O)c1ccccc1SCc1cscn1. The standard InChI is InChI=1S/C20H17N3O5S2/c1-13-5-4-7-16(23(26)27)19(13)22-18(24)9-28-20(25)15-6-2-3-8-17(15)30-11-14-10-29-12-21-14/h2-8,10,12H,9,11H2,1H3,(H,22,24). The fourth-order valence-electron chi connectivity index (χ4n) is 2.57. The third-order valence-electron chi connectivity index (χ3n) is 4.01. The van der Waals surface area contributed by atoms with Crippen LogP contribution in [0.3, 0.4) is 0 Å². The predicted octanol–water partition coefficient (Wildman–Crippen LogP) is 4.45. The van der Waals surface area contributed by atoms with Gasteiger partial charge in [0, 0.05) is 22.1 Å². The Bertz CT molecular complexity index is 1070. The molecule has 154 valence electrons. The molecule has 10 heteroatoms. The molecule has 1 heterocycles. The van der Waals surface area contributed by atoms with Crippen molar-refractivity contribution in [2.75, 3.05) is 11.9 Å². The number of aryl methyl sites for hydroxylation is 1. The highest BCUT2D eigenvalue weighted by Gasteiger charge is 2.19. The van der Waals surface area contributed by atoms with Crippen LogP contribution in [0.15, 0.2) is 58.3 Å². The zero-order valence-electron chi connectivity index (χ0n) is 15.9. The Balaban J connectivity index is 1.62. The molecule has 1 N–H and O–H groups in total. The minimum absolute atomic E-state index is 0.0859. The van der Waals surface area contributed by atoms with Crippen LogP contribution < -0.4 is 5.32 Å². The van der Waals surface area contributed by atoms with E-state index in [-0.39, 0.29) is 11.4 Å². The van der Waals surface area contributed by atoms with Crippen molar-refractivity contribution in [2.24, 2.45) is 0 Å². The lowest BCUT2D eigenvalue weighted by Crippen LogP contribution is -2.22. The first-order valence-electron chi connectivity index (χ1n) is 8.75. The summed E-state index contributed by atoms with van der Waals surface area (Å²) >= 11 is 2.94. The van der Waals surface area contributed by atoms with Gasteiger partial charge in [-0.1, -0.05) is 24.3 Å². The molecule has 30 heavy (non-hydrogen) atoms. The lowest BCUT2D eigenvalue weighted by atomic mass is 10.1. The van der Waals surface area contributed by atoms with E-state index >= 15 is 0 Å². The van der Waals surface area contributed by atoms with Crippen molar-refractivity contribution in [3.05, 3.63) is 80.3 Å². The molecule has 3 rings (SSSR count). The van der Waals surface area contributed by atoms with Crippen molar-refractivity contribution < 1.29 is 19.2 Å². The number of hydrogen-bond donors (Lipinski definition) is 1. The minimum Gasteiger partial charge on any atom is -0.452 e. The largest absolute Gasteiger partial charge is 0.452 e. The molecule has 0 bridgehead atoms. The van der Waals surface area contributed by atoms with Gasteiger partial charge in [0.05, 0.1) is 21.7 Å². The number of rotatable bonds is 8. The van der Waals surface area contributed by atoms with Gasteiger partial charge in [0.2, 0.25) is 0 Å². The molecule has 0 atom stereocenters. The Morgan fingerprint density at radius 3 is 2.77 bits per heavy atom. The number of hydrogen-bond acceptors (Lipinski definition) is 8. The fraction of sp³-hybridized carbons (Fsp3) is 0.150. The van der Waals surface area contributed by atoms with Gasteiger partial charge in [0.1, 0.15) is 5.69 Å². The van der Waals surface area contributed by atoms with Crippen molar-refractivity contribution in [3.8, 4) is 0 Å². The Morgan fingerprint density at radius 2 is 2.03 bits per heavy atom. The second-order valence-corrected chi connectivity index (χ2v) is 7.85. The quantitative estimate of drug-likeness (QED) is 0.237. The molecule has 1 aromatic heterocycles. The van der Waals surface area contributed by atoms with E-state index in [0.717, 1.165) is 5.69 Å². The molecular formula is C20H17N3O5S2. The number of nitro groups is 1. The van der Waals surface area contributed by atoms with Crippen molar-refractivity contribution in [2.45, 2.75) is 17.6 Å². The molecular weight excluding hydrogens is 426 g/mol. The smallest absolute Gasteiger partial charge is 0.339 e. The molecule has 8 nitrogen and oxygen atoms in total. The summed E-state index contributed by atoms with van der Waals surface area (Å²) in [6, 6.07) is 11.4. The van der Waals surface area contributed by atoms with Crippen molar-refractivity contribution >= 4 is 46.3 Å². The van der Waals surface area contributed by atoms with Crippen LogP contribution in [0.4, 0.5) is 11.4 Å². The monoisotopic (exact) mass is 443 g/mol. The van der Waals surface area contributed by atoms with E-state index in [2.05, 4.69) is 10.3 Å². The highest BCUT2D eigenvalue weighted by molar-refractivity contribution is 7.98. The van der Waals surface area contributed by atoms with Gasteiger partial charge < -0.3 is 10.1 Å². The number of ether oxygens (including phenoxy) is 1. The van der Waals surface area contributed by atoms with Crippen LogP contribution in [0.2, 0.25) is 0 Å². The number of nitrogens with one attached hydrogen (secondary N) is 1. The number of esters is 1. The lowest BCUT2D eigenvalue weighted by molar-refractivity contribution is -0.384. The topological polar surface area (TPSA) is 111 Å². The number of benzene rings is 2. The van der Waals surface area contributed by atoms with E-state index < -0.39 is 23.4 Å². The first-order valence-corrected chi connectivity index (χ1v) is 10.7. The van der Waals surface area contributed by atoms with E-state index in [9.17, 15) is 19.7 Å². The average Bonchev–Trinajstić information content (AvgIpc) is 3.25. The Labute approximate surface area is 180 Å². The maximum absolute atomic E-state index is 12.5. The second-order valence-electron chi connectivity index (χ2n) is 6.12. The number of nitro benzene ring substituents is 1. The maximum Gasteiger partial charge on any atom is 0.339 e. The van der Waals surface area contributed by atoms with Gasteiger partial charge >= 0.3 is 5.97 Å². The normalized spacial score (nSPS) is 10.4. The van der Waals surface area contributed by atoms with Crippen LogP contribution in [0.25, 0.3) is 0 Å². The van der Waals surface area contributed by atoms with Gasteiger partial charge in [0.25, 0.3) is 11.6 Å². The van der Waals surface area contributed by atoms with Crippen LogP contribution in [0, 0.1) is 17.0 Å². The number of thiazole rings is 1. The molecule has 0 radical (unpaired) electrons. The summed E-state index contributed by atoms with van der Waals surface area (Å²) in [5, 5.41) is 15.5. The van der Waals surface area contributed by atoms with Gasteiger partial charge in [0.15, 0.2) is 6.61 Å². The van der Waals surface area contributed by atoms with Crippen molar-refractivity contribution in [1.82, 2.24) is 4.98 Å². The zero-order valence-corrected chi connectivity index (χ0v) is 17.5. The van der Waals surface area contributed by atoms with Gasteiger partial charge in [-0.05, 0) is 24.6 Å². The van der Waals surface area contributed by atoms with Crippen LogP contribution in [0.5, 0.6) is 0 Å². The first kappa shape index (κ1) is 21.5. The Kier molecular flexibility index (Phi) is 7.15. The summed E-state index contributed by atoms with van der Waals surface area (Å²) in [5.74, 6) is -0.704. The summed E-state index contributed by atoms with van der Waals surface area (Å²) in [4.78, 5) is 40.2. The third-order valence-corrected chi connectivity index (χ3v) is 5.75. The number of carbonyl (C=O) groups is 2. The average molecular weight is 444 g/mol. The van der Waals surface area contributed by atoms with Gasteiger partial charge in [-0.15, -0.1) is 23.1 Å². The highest BCUT2D eigenvalue weighted by atomic mass is 32.2. The van der Waals surface area contributed by atoms with Crippen LogP contribution in [-0.2, 0) is 15.3 Å². The molecule has 1 amide bonds. The van der Waals surface area contributed by atoms with E-state index in [1.807, 2.05) is 11.4 Å². The van der Waals surface area contributed by atoms with Gasteiger partial charge in [-0.3, -0.25) is 14.9 Å². The van der Waals surface area contributed by atoms with Gasteiger partial charge in [-0.25, -0.2) is 9.78 Å². The highest BCUT2D eigenvalue weighted by Crippen LogP contribution is 2.28. The molecule has 3 aromatic rings. The molecule has 0 saturated heterocycles. The molecule has 0 aliphatic heterocycles. The third kappa shape index (κ3) is 5.43. The number of aromatic nitrogens is 1. The zero-order chi connectivity index (χ0) is 21.5. The second kappa shape index (κ2) is 9.99. The molecule has 0 saturated carbocycles. The van der Waals surface area contributed by atoms with E-state index in [1.54, 1.807) is 36.7 Å². The number of anilines is 1. The summed E-state index contributed by atoms with van der Waals surface area (Å²) in [6.07, 6.45) is 0. The summed E-state index contributed by atoms with van der Waals surface area (Å²) in [7, 11) is 0. The van der Waals surface area contributed by atoms with Crippen LogP contribution in [-0.4, -0.2) is 28.4 Å². The van der Waals surface area contributed by atoms with E-state index in [1.165, 1.54) is 35.2 Å². The van der Waals surface area contributed by atoms with Gasteiger partial charge in [-0.2, -0.15) is 0 Å². The number of thioether (sulfide) groups is 1. The molecule has 0 aliphatic carbocycles. The molecule has 0 unspecified atom stereocenters. The molecule has 2 aromatic carbocycles. The summed E-state index contributed by atoms with van der Waals surface area (Å²) in [5.41, 5.74) is 3.39. The van der Waals surface area contributed by atoms with Crippen LogP contribution >= 0.6 is 23.1 Å². The van der Waals surface area contributed by atoms with Crippen LogP contribution in [0.1, 0.15) is 21.6 Å². The predicted molar refractivity (Wildman–Crippen MR) is 115 cm³/mol. The number of amides is 1. The number of carbonyl (C=O) groups excluding carboxylic acids is 2. The Morgan fingerprint density at radius 1 is 1.23 bits per heavy atom. The molecule has 0 aliphatic rings. The minimum atomic E-state index is -0.659.